The summed E-state index contributed by atoms with van der Waals surface area (Å²) in [6.45, 7) is 0. The molecule has 0 fully saturated rings. The van der Waals surface area contributed by atoms with Crippen LogP contribution in [0.5, 0.6) is 0 Å². The molecule has 7 rings (SSSR count). The zero-order chi connectivity index (χ0) is 35.8. The monoisotopic (exact) mass is 768 g/mol. The molecule has 0 aliphatic carbocycles. The summed E-state index contributed by atoms with van der Waals surface area (Å²) < 4.78 is 0. The van der Waals surface area contributed by atoms with Crippen molar-refractivity contribution in [3.8, 4) is 59.9 Å². The number of carboxylic acid groups (broad SMARTS) is 4. The summed E-state index contributed by atoms with van der Waals surface area (Å²) in [4.78, 5) is 55.9. The topological polar surface area (TPSA) is 149 Å². The van der Waals surface area contributed by atoms with Crippen LogP contribution in [0.3, 0.4) is 0 Å². The lowest BCUT2D eigenvalue weighted by Crippen LogP contribution is -1.99. The second-order valence-electron chi connectivity index (χ2n) is 11.3. The van der Waals surface area contributed by atoms with Crippen molar-refractivity contribution in [2.75, 3.05) is 0 Å². The van der Waals surface area contributed by atoms with Gasteiger partial charge in [-0.05, 0) is 71.8 Å². The first-order chi connectivity index (χ1) is 24.5. The first-order valence-corrected chi connectivity index (χ1v) is 19.3. The van der Waals surface area contributed by atoms with Crippen LogP contribution in [0.25, 0.3) is 59.9 Å². The van der Waals surface area contributed by atoms with E-state index in [1.165, 1.54) is 56.7 Å². The normalized spacial score (nSPS) is 11.1. The van der Waals surface area contributed by atoms with Crippen molar-refractivity contribution < 1.29 is 39.6 Å². The Bertz CT molecular complexity index is 2300. The number of aromatic carboxylic acids is 2. The Morgan fingerprint density at radius 1 is 0.412 bits per heavy atom. The van der Waals surface area contributed by atoms with Crippen molar-refractivity contribution in [1.82, 2.24) is 0 Å². The van der Waals surface area contributed by atoms with Crippen molar-refractivity contribution >= 4 is 80.6 Å². The summed E-state index contributed by atoms with van der Waals surface area (Å²) in [5.41, 5.74) is 2.95. The predicted molar refractivity (Wildman–Crippen MR) is 205 cm³/mol. The van der Waals surface area contributed by atoms with E-state index in [1.54, 1.807) is 48.5 Å². The molecule has 254 valence electrons. The third-order valence-corrected chi connectivity index (χ3v) is 14.3. The minimum absolute atomic E-state index is 0.182. The fourth-order valence-corrected chi connectivity index (χ4v) is 11.6. The van der Waals surface area contributed by atoms with Crippen LogP contribution in [0, 0.1) is 0 Å². The Morgan fingerprint density at radius 3 is 1.16 bits per heavy atom. The Hall–Kier alpha value is -5.18. The molecule has 0 bridgehead atoms. The van der Waals surface area contributed by atoms with Gasteiger partial charge in [-0.3, -0.25) is 9.59 Å². The van der Waals surface area contributed by atoms with Gasteiger partial charge in [-0.1, -0.05) is 36.4 Å². The number of carboxylic acids is 4. The van der Waals surface area contributed by atoms with Crippen LogP contribution in [-0.4, -0.2) is 44.3 Å². The van der Waals surface area contributed by atoms with E-state index in [-0.39, 0.29) is 24.0 Å². The van der Waals surface area contributed by atoms with Crippen molar-refractivity contribution in [1.29, 1.82) is 0 Å². The van der Waals surface area contributed by atoms with Gasteiger partial charge in [-0.15, -0.1) is 56.7 Å². The lowest BCUT2D eigenvalue weighted by molar-refractivity contribution is -0.137. The van der Waals surface area contributed by atoms with Gasteiger partial charge in [0.15, 0.2) is 0 Å². The smallest absolute Gasteiger partial charge is 0.336 e. The van der Waals surface area contributed by atoms with Gasteiger partial charge < -0.3 is 20.4 Å². The molecule has 0 aliphatic rings. The molecule has 5 aromatic heterocycles. The van der Waals surface area contributed by atoms with Crippen molar-refractivity contribution in [2.24, 2.45) is 0 Å². The Kier molecular flexibility index (Phi) is 9.55. The largest absolute Gasteiger partial charge is 0.481 e. The maximum absolute atomic E-state index is 11.9. The van der Waals surface area contributed by atoms with Gasteiger partial charge in [-0.2, -0.15) is 0 Å². The molecule has 0 unspecified atom stereocenters. The molecule has 0 spiro atoms. The standard InChI is InChI=1S/C38H24O8S5/c39-33(40)17-19-15-31(27-11-9-25(47-27)21-5-1-3-7-23(21)37(43)44)50-35(19)29-13-14-30(49-29)36-20(18-34(41)42)16-32(51-36)28-12-10-26(48-28)22-6-2-4-8-24(22)38(45)46/h1-16H,17-18H2,(H,39,40)(H,41,42)(H,43,44)(H,45,46). The number of aliphatic carboxylic acids is 2. The van der Waals surface area contributed by atoms with Gasteiger partial charge in [0.05, 0.1) is 24.0 Å². The summed E-state index contributed by atoms with van der Waals surface area (Å²) in [7, 11) is 0. The quantitative estimate of drug-likeness (QED) is 0.0960. The second kappa shape index (κ2) is 14.2. The lowest BCUT2D eigenvalue weighted by atomic mass is 10.1. The van der Waals surface area contributed by atoms with Gasteiger partial charge in [0, 0.05) is 59.9 Å². The second-order valence-corrected chi connectivity index (χ2v) is 16.6. The van der Waals surface area contributed by atoms with Gasteiger partial charge in [-0.25, -0.2) is 9.59 Å². The predicted octanol–water partition coefficient (Wildman–Crippen LogP) is 10.6. The van der Waals surface area contributed by atoms with Crippen LogP contribution >= 0.6 is 56.7 Å². The average molecular weight is 769 g/mol. The van der Waals surface area contributed by atoms with Crippen molar-refractivity contribution in [2.45, 2.75) is 12.8 Å². The molecule has 4 N–H and O–H groups in total. The summed E-state index contributed by atoms with van der Waals surface area (Å²) in [6.07, 6.45) is -0.365. The lowest BCUT2D eigenvalue weighted by Gasteiger charge is -2.02. The van der Waals surface area contributed by atoms with Gasteiger partial charge in [0.2, 0.25) is 0 Å². The van der Waals surface area contributed by atoms with E-state index in [2.05, 4.69) is 0 Å². The van der Waals surface area contributed by atoms with Crippen LogP contribution in [0.1, 0.15) is 31.8 Å². The third-order valence-electron chi connectivity index (χ3n) is 7.90. The molecule has 0 saturated heterocycles. The van der Waals surface area contributed by atoms with Crippen LogP contribution < -0.4 is 0 Å². The van der Waals surface area contributed by atoms with E-state index >= 15 is 0 Å². The molecule has 2 aromatic carbocycles. The van der Waals surface area contributed by atoms with E-state index in [1.807, 2.05) is 48.5 Å². The van der Waals surface area contributed by atoms with Crippen LogP contribution in [0.15, 0.2) is 97.1 Å². The Labute approximate surface area is 310 Å². The molecule has 5 heterocycles. The number of carbonyl (C=O) groups is 4. The number of thiophene rings is 5. The van der Waals surface area contributed by atoms with E-state index in [0.29, 0.717) is 22.3 Å². The van der Waals surface area contributed by atoms with E-state index < -0.39 is 23.9 Å². The van der Waals surface area contributed by atoms with Gasteiger partial charge >= 0.3 is 23.9 Å². The zero-order valence-electron chi connectivity index (χ0n) is 26.1. The van der Waals surface area contributed by atoms with Crippen molar-refractivity contribution in [3.63, 3.8) is 0 Å². The van der Waals surface area contributed by atoms with Crippen LogP contribution in [0.4, 0.5) is 0 Å². The minimum Gasteiger partial charge on any atom is -0.481 e. The number of hydrogen-bond donors (Lipinski definition) is 4. The fourth-order valence-electron chi connectivity index (χ4n) is 5.69. The number of benzene rings is 2. The Balaban J connectivity index is 1.24. The van der Waals surface area contributed by atoms with Crippen LogP contribution in [-0.2, 0) is 22.4 Å². The maximum Gasteiger partial charge on any atom is 0.336 e. The maximum atomic E-state index is 11.9. The highest BCUT2D eigenvalue weighted by Crippen LogP contribution is 2.49. The molecule has 0 atom stereocenters. The summed E-state index contributed by atoms with van der Waals surface area (Å²) >= 11 is 7.28. The highest BCUT2D eigenvalue weighted by Gasteiger charge is 2.22. The molecule has 51 heavy (non-hydrogen) atoms. The first-order valence-electron chi connectivity index (χ1n) is 15.2. The van der Waals surface area contributed by atoms with Crippen LogP contribution in [0.2, 0.25) is 0 Å². The summed E-state index contributed by atoms with van der Waals surface area (Å²) in [5.74, 6) is -3.95. The van der Waals surface area contributed by atoms with Crippen molar-refractivity contribution in [3.05, 3.63) is 119 Å². The number of rotatable bonds is 12. The zero-order valence-corrected chi connectivity index (χ0v) is 30.2. The summed E-state index contributed by atoms with van der Waals surface area (Å²) in [6, 6.07) is 28.8. The highest BCUT2D eigenvalue weighted by atomic mass is 32.1. The van der Waals surface area contributed by atoms with Gasteiger partial charge in [0.25, 0.3) is 0 Å². The molecular formula is C38H24O8S5. The molecule has 8 nitrogen and oxygen atoms in total. The Morgan fingerprint density at radius 2 is 0.765 bits per heavy atom. The molecular weight excluding hydrogens is 745 g/mol. The minimum atomic E-state index is -1.01. The molecule has 7 aromatic rings. The van der Waals surface area contributed by atoms with Gasteiger partial charge in [0.1, 0.15) is 0 Å². The molecule has 0 radical (unpaired) electrons. The average Bonchev–Trinajstić information content (AvgIpc) is 3.94. The highest BCUT2D eigenvalue weighted by molar-refractivity contribution is 7.30. The molecule has 0 amide bonds. The third kappa shape index (κ3) is 7.07. The summed E-state index contributed by atoms with van der Waals surface area (Å²) in [5, 5.41) is 38.9. The SMILES string of the molecule is O=C(O)Cc1cc(-c2ccc(-c3ccccc3C(=O)O)s2)sc1-c1ccc(-c2sc(-c3ccc(-c4ccccc4C(=O)O)s3)cc2CC(=O)O)s1. The van der Waals surface area contributed by atoms with E-state index in [0.717, 1.165) is 48.8 Å². The van der Waals surface area contributed by atoms with E-state index in [4.69, 9.17) is 0 Å². The fraction of sp³-hybridized carbons (Fsp3) is 0.0526. The molecule has 0 aliphatic heterocycles. The number of hydrogen-bond acceptors (Lipinski definition) is 9. The van der Waals surface area contributed by atoms with E-state index in [9.17, 15) is 39.6 Å². The molecule has 13 heteroatoms. The molecule has 0 saturated carbocycles. The first kappa shape index (κ1) is 34.3.